The van der Waals surface area contributed by atoms with E-state index in [9.17, 15) is 9.59 Å². The van der Waals surface area contributed by atoms with Gasteiger partial charge in [0, 0.05) is 0 Å². The van der Waals surface area contributed by atoms with Crippen LogP contribution in [-0.4, -0.2) is 23.0 Å². The van der Waals surface area contributed by atoms with Gasteiger partial charge in [-0.05, 0) is 12.1 Å². The van der Waals surface area contributed by atoms with E-state index in [0.717, 1.165) is 0 Å². The first-order valence-electron chi connectivity index (χ1n) is 4.34. The Kier molecular flexibility index (Phi) is 3.58. The number of nitrogens with one attached hydrogen (secondary N) is 1. The molecule has 4 N–H and O–H groups in total. The first-order valence-corrected chi connectivity index (χ1v) is 4.34. The standard InChI is InChI=1S/C10H9N3O3/c11-5-6-3-1-2-4-7(6)13-9(14)8(12)10(15)16/h1-4,8H,12H2,(H,13,14)(H,15,16). The van der Waals surface area contributed by atoms with Crippen LogP contribution in [0.25, 0.3) is 0 Å². The van der Waals surface area contributed by atoms with Crippen LogP contribution in [0.4, 0.5) is 5.69 Å². The van der Waals surface area contributed by atoms with Crippen molar-refractivity contribution < 1.29 is 14.7 Å². The summed E-state index contributed by atoms with van der Waals surface area (Å²) in [6, 6.07) is 6.46. The number of nitrogens with two attached hydrogens (primary N) is 1. The highest BCUT2D eigenvalue weighted by Gasteiger charge is 2.21. The van der Waals surface area contributed by atoms with Crippen molar-refractivity contribution in [2.75, 3.05) is 5.32 Å². The van der Waals surface area contributed by atoms with Gasteiger partial charge in [0.25, 0.3) is 5.91 Å². The van der Waals surface area contributed by atoms with E-state index in [-0.39, 0.29) is 11.3 Å². The summed E-state index contributed by atoms with van der Waals surface area (Å²) in [5.41, 5.74) is 5.59. The van der Waals surface area contributed by atoms with Crippen LogP contribution < -0.4 is 11.1 Å². The van der Waals surface area contributed by atoms with Crippen molar-refractivity contribution in [3.05, 3.63) is 29.8 Å². The normalized spacial score (nSPS) is 11.2. The molecule has 0 bridgehead atoms. The van der Waals surface area contributed by atoms with Gasteiger partial charge >= 0.3 is 5.97 Å². The third-order valence-electron chi connectivity index (χ3n) is 1.85. The van der Waals surface area contributed by atoms with Crippen molar-refractivity contribution in [3.63, 3.8) is 0 Å². The predicted molar refractivity (Wildman–Crippen MR) is 55.4 cm³/mol. The number of carboxylic acids is 1. The van der Waals surface area contributed by atoms with Gasteiger partial charge in [-0.25, -0.2) is 4.79 Å². The number of benzene rings is 1. The van der Waals surface area contributed by atoms with Gasteiger partial charge in [0.1, 0.15) is 6.07 Å². The average Bonchev–Trinajstić information content (AvgIpc) is 2.28. The van der Waals surface area contributed by atoms with Crippen LogP contribution in [0.5, 0.6) is 0 Å². The monoisotopic (exact) mass is 219 g/mol. The Labute approximate surface area is 91.3 Å². The zero-order valence-electron chi connectivity index (χ0n) is 8.18. The fourth-order valence-electron chi connectivity index (χ4n) is 1.01. The second-order valence-electron chi connectivity index (χ2n) is 2.96. The summed E-state index contributed by atoms with van der Waals surface area (Å²) in [6.45, 7) is 0. The summed E-state index contributed by atoms with van der Waals surface area (Å²) in [6.07, 6.45) is 0. The highest BCUT2D eigenvalue weighted by atomic mass is 16.4. The minimum atomic E-state index is -1.65. The van der Waals surface area contributed by atoms with Crippen molar-refractivity contribution in [3.8, 4) is 6.07 Å². The summed E-state index contributed by atoms with van der Waals surface area (Å²) in [4.78, 5) is 21.7. The molecule has 1 aromatic carbocycles. The minimum Gasteiger partial charge on any atom is -0.480 e. The Morgan fingerprint density at radius 3 is 2.62 bits per heavy atom. The Bertz CT molecular complexity index is 465. The summed E-state index contributed by atoms with van der Waals surface area (Å²) in [5, 5.41) is 19.5. The van der Waals surface area contributed by atoms with Crippen molar-refractivity contribution in [1.82, 2.24) is 0 Å². The second-order valence-corrected chi connectivity index (χ2v) is 2.96. The molecule has 1 atom stereocenters. The maximum Gasteiger partial charge on any atom is 0.330 e. The van der Waals surface area contributed by atoms with Gasteiger partial charge in [-0.2, -0.15) is 5.26 Å². The van der Waals surface area contributed by atoms with Crippen molar-refractivity contribution >= 4 is 17.6 Å². The molecule has 0 aromatic heterocycles. The lowest BCUT2D eigenvalue weighted by molar-refractivity contribution is -0.141. The molecule has 16 heavy (non-hydrogen) atoms. The first-order chi connectivity index (χ1) is 7.56. The molecule has 0 saturated heterocycles. The van der Waals surface area contributed by atoms with E-state index in [0.29, 0.717) is 0 Å². The lowest BCUT2D eigenvalue weighted by atomic mass is 10.2. The molecule has 0 fully saturated rings. The number of para-hydroxylation sites is 1. The molecule has 6 heteroatoms. The van der Waals surface area contributed by atoms with E-state index in [1.165, 1.54) is 12.1 Å². The number of nitrogens with zero attached hydrogens (tertiary/aromatic N) is 1. The van der Waals surface area contributed by atoms with E-state index in [4.69, 9.17) is 16.1 Å². The number of aliphatic carboxylic acids is 1. The van der Waals surface area contributed by atoms with Crippen LogP contribution in [0, 0.1) is 11.3 Å². The number of amides is 1. The van der Waals surface area contributed by atoms with Crippen LogP contribution in [0.3, 0.4) is 0 Å². The molecular formula is C10H9N3O3. The van der Waals surface area contributed by atoms with E-state index in [2.05, 4.69) is 5.32 Å². The molecule has 0 aliphatic heterocycles. The summed E-state index contributed by atoms with van der Waals surface area (Å²) < 4.78 is 0. The van der Waals surface area contributed by atoms with Crippen LogP contribution in [0.15, 0.2) is 24.3 Å². The Morgan fingerprint density at radius 1 is 1.44 bits per heavy atom. The lowest BCUT2D eigenvalue weighted by Crippen LogP contribution is -2.42. The smallest absolute Gasteiger partial charge is 0.330 e. The summed E-state index contributed by atoms with van der Waals surface area (Å²) >= 11 is 0. The Morgan fingerprint density at radius 2 is 2.06 bits per heavy atom. The fraction of sp³-hybridized carbons (Fsp3) is 0.100. The largest absolute Gasteiger partial charge is 0.480 e. The van der Waals surface area contributed by atoms with E-state index in [1.54, 1.807) is 12.1 Å². The van der Waals surface area contributed by atoms with E-state index >= 15 is 0 Å². The Balaban J connectivity index is 2.86. The van der Waals surface area contributed by atoms with Gasteiger partial charge < -0.3 is 16.2 Å². The Hall–Kier alpha value is -2.39. The molecule has 1 unspecified atom stereocenters. The molecule has 0 radical (unpaired) electrons. The quantitative estimate of drug-likeness (QED) is 0.614. The molecule has 0 heterocycles. The maximum atomic E-state index is 11.3. The number of hydrogen-bond donors (Lipinski definition) is 3. The molecular weight excluding hydrogens is 210 g/mol. The average molecular weight is 219 g/mol. The molecule has 1 aromatic rings. The SMILES string of the molecule is N#Cc1ccccc1NC(=O)C(N)C(=O)O. The number of hydrogen-bond acceptors (Lipinski definition) is 4. The fourth-order valence-corrected chi connectivity index (χ4v) is 1.01. The maximum absolute atomic E-state index is 11.3. The number of anilines is 1. The highest BCUT2D eigenvalue weighted by Crippen LogP contribution is 2.13. The first kappa shape index (κ1) is 11.7. The highest BCUT2D eigenvalue weighted by molar-refractivity contribution is 6.07. The zero-order valence-corrected chi connectivity index (χ0v) is 8.18. The van der Waals surface area contributed by atoms with E-state index in [1.807, 2.05) is 6.07 Å². The molecule has 0 spiro atoms. The van der Waals surface area contributed by atoms with Gasteiger partial charge in [0.05, 0.1) is 11.3 Å². The number of nitriles is 1. The molecule has 0 aliphatic carbocycles. The number of carbonyl (C=O) groups excluding carboxylic acids is 1. The van der Waals surface area contributed by atoms with Crippen LogP contribution in [0.1, 0.15) is 5.56 Å². The van der Waals surface area contributed by atoms with Gasteiger partial charge in [-0.1, -0.05) is 12.1 Å². The van der Waals surface area contributed by atoms with Crippen LogP contribution >= 0.6 is 0 Å². The van der Waals surface area contributed by atoms with Crippen molar-refractivity contribution in [1.29, 1.82) is 5.26 Å². The van der Waals surface area contributed by atoms with Gasteiger partial charge in [0.2, 0.25) is 0 Å². The zero-order chi connectivity index (χ0) is 12.1. The predicted octanol–water partition coefficient (Wildman–Crippen LogP) is -0.0913. The molecule has 6 nitrogen and oxygen atoms in total. The molecule has 0 saturated carbocycles. The van der Waals surface area contributed by atoms with E-state index < -0.39 is 17.9 Å². The number of carbonyl (C=O) groups is 2. The minimum absolute atomic E-state index is 0.242. The molecule has 1 amide bonds. The third kappa shape index (κ3) is 2.56. The van der Waals surface area contributed by atoms with Gasteiger partial charge in [-0.3, -0.25) is 4.79 Å². The molecule has 1 rings (SSSR count). The van der Waals surface area contributed by atoms with Gasteiger partial charge in [-0.15, -0.1) is 0 Å². The molecule has 82 valence electrons. The summed E-state index contributed by atoms with van der Waals surface area (Å²) in [5.74, 6) is -2.29. The number of carboxylic acid groups (broad SMARTS) is 1. The second kappa shape index (κ2) is 4.91. The third-order valence-corrected chi connectivity index (χ3v) is 1.85. The summed E-state index contributed by atoms with van der Waals surface area (Å²) in [7, 11) is 0. The topological polar surface area (TPSA) is 116 Å². The van der Waals surface area contributed by atoms with Crippen LogP contribution in [-0.2, 0) is 9.59 Å². The lowest BCUT2D eigenvalue weighted by Gasteiger charge is -2.09. The van der Waals surface area contributed by atoms with Crippen molar-refractivity contribution in [2.24, 2.45) is 5.73 Å². The van der Waals surface area contributed by atoms with Gasteiger partial charge in [0.15, 0.2) is 6.04 Å². The number of rotatable bonds is 3. The van der Waals surface area contributed by atoms with Crippen LogP contribution in [0.2, 0.25) is 0 Å². The van der Waals surface area contributed by atoms with Crippen molar-refractivity contribution in [2.45, 2.75) is 6.04 Å². The molecule has 0 aliphatic rings.